The second kappa shape index (κ2) is 11.5. The number of nitrogens with one attached hydrogen (secondary N) is 1. The fraction of sp³-hybridized carbons (Fsp3) is 0.320. The van der Waals surface area contributed by atoms with Crippen LogP contribution in [0, 0.1) is 29.2 Å². The average Bonchev–Trinajstić information content (AvgIpc) is 3.35. The molecule has 0 saturated carbocycles. The minimum Gasteiger partial charge on any atom is -0.481 e. The zero-order valence-corrected chi connectivity index (χ0v) is 20.1. The molecule has 2 heterocycles. The van der Waals surface area contributed by atoms with Crippen molar-refractivity contribution in [2.24, 2.45) is 5.92 Å². The van der Waals surface area contributed by atoms with Crippen LogP contribution < -0.4 is 10.1 Å². The molecule has 2 amide bonds. The van der Waals surface area contributed by atoms with Crippen molar-refractivity contribution in [3.05, 3.63) is 59.3 Å². The summed E-state index contributed by atoms with van der Waals surface area (Å²) in [4.78, 5) is 51.0. The number of Topliss-reactive ketones (excluding diaryl/α,β-unsaturated/α-hetero) is 1. The molecule has 1 saturated heterocycles. The van der Waals surface area contributed by atoms with Gasteiger partial charge in [0.05, 0.1) is 11.8 Å². The van der Waals surface area contributed by atoms with Crippen molar-refractivity contribution in [1.82, 2.24) is 15.4 Å². The fourth-order valence-electron chi connectivity index (χ4n) is 4.17. The van der Waals surface area contributed by atoms with Gasteiger partial charge in [-0.25, -0.2) is 8.78 Å². The number of fused-ring (bicyclic) bond motifs is 1. The van der Waals surface area contributed by atoms with Crippen LogP contribution in [-0.2, 0) is 14.4 Å². The van der Waals surface area contributed by atoms with E-state index < -0.39 is 71.7 Å². The Balaban J connectivity index is 1.36. The normalized spacial score (nSPS) is 14.7. The molecule has 1 aliphatic heterocycles. The van der Waals surface area contributed by atoms with Crippen LogP contribution >= 0.6 is 0 Å². The van der Waals surface area contributed by atoms with Crippen LogP contribution in [0.3, 0.4) is 0 Å². The van der Waals surface area contributed by atoms with Gasteiger partial charge >= 0.3 is 5.97 Å². The number of carboxylic acid groups (broad SMARTS) is 1. The number of ketones is 1. The summed E-state index contributed by atoms with van der Waals surface area (Å²) in [6.07, 6.45) is -0.499. The van der Waals surface area contributed by atoms with Crippen molar-refractivity contribution in [1.29, 1.82) is 0 Å². The Labute approximate surface area is 217 Å². The molecule has 0 bridgehead atoms. The zero-order valence-electron chi connectivity index (χ0n) is 20.1. The predicted octanol–water partition coefficient (Wildman–Crippen LogP) is 2.84. The SMILES string of the molecule is O=C(O)C[C@H](NC(=O)C1CCN(C(=O)c2noc3ccccc23)CC1)C(=O)COc1c(F)c(F)cc(F)c1F. The first kappa shape index (κ1) is 27.5. The van der Waals surface area contributed by atoms with Crippen molar-refractivity contribution in [3.8, 4) is 5.75 Å². The van der Waals surface area contributed by atoms with E-state index in [1.54, 1.807) is 24.3 Å². The van der Waals surface area contributed by atoms with E-state index >= 15 is 0 Å². The van der Waals surface area contributed by atoms with Crippen molar-refractivity contribution >= 4 is 34.5 Å². The van der Waals surface area contributed by atoms with E-state index in [0.29, 0.717) is 11.0 Å². The van der Waals surface area contributed by atoms with Crippen LogP contribution in [-0.4, -0.2) is 64.5 Å². The summed E-state index contributed by atoms with van der Waals surface area (Å²) in [5.74, 6) is -13.1. The summed E-state index contributed by atoms with van der Waals surface area (Å²) < 4.78 is 64.1. The zero-order chi connectivity index (χ0) is 28.3. The van der Waals surface area contributed by atoms with E-state index in [2.05, 4.69) is 15.2 Å². The number of carboxylic acids is 1. The summed E-state index contributed by atoms with van der Waals surface area (Å²) in [6.45, 7) is -0.835. The number of benzene rings is 2. The van der Waals surface area contributed by atoms with Gasteiger partial charge in [-0.15, -0.1) is 0 Å². The molecule has 1 aromatic heterocycles. The molecule has 39 heavy (non-hydrogen) atoms. The van der Waals surface area contributed by atoms with Gasteiger partial charge < -0.3 is 24.6 Å². The topological polar surface area (TPSA) is 139 Å². The number of hydrogen-bond donors (Lipinski definition) is 2. The number of piperidine rings is 1. The molecule has 0 unspecified atom stereocenters. The van der Waals surface area contributed by atoms with Crippen LogP contribution in [0.15, 0.2) is 34.9 Å². The number of hydrogen-bond acceptors (Lipinski definition) is 7. The number of halogens is 4. The molecular weight excluding hydrogens is 530 g/mol. The van der Waals surface area contributed by atoms with Crippen LogP contribution in [0.4, 0.5) is 17.6 Å². The van der Waals surface area contributed by atoms with Gasteiger partial charge in [-0.05, 0) is 25.0 Å². The van der Waals surface area contributed by atoms with Gasteiger partial charge in [0, 0.05) is 25.1 Å². The Hall–Kier alpha value is -4.49. The van der Waals surface area contributed by atoms with Gasteiger partial charge in [-0.3, -0.25) is 19.2 Å². The molecule has 3 aromatic rings. The van der Waals surface area contributed by atoms with Crippen molar-refractivity contribution in [3.63, 3.8) is 0 Å². The maximum atomic E-state index is 13.8. The third-order valence-corrected chi connectivity index (χ3v) is 6.25. The van der Waals surface area contributed by atoms with Gasteiger partial charge in [0.25, 0.3) is 5.91 Å². The quantitative estimate of drug-likeness (QED) is 0.306. The maximum Gasteiger partial charge on any atom is 0.305 e. The molecule has 1 aliphatic rings. The van der Waals surface area contributed by atoms with Crippen LogP contribution in [0.5, 0.6) is 5.75 Å². The van der Waals surface area contributed by atoms with E-state index in [1.807, 2.05) is 0 Å². The Morgan fingerprint density at radius 3 is 2.36 bits per heavy atom. The summed E-state index contributed by atoms with van der Waals surface area (Å²) in [5.41, 5.74) is 0.577. The lowest BCUT2D eigenvalue weighted by Crippen LogP contribution is -2.49. The molecule has 1 fully saturated rings. The minimum absolute atomic E-state index is 0.0421. The molecule has 206 valence electrons. The Morgan fingerprint density at radius 2 is 1.72 bits per heavy atom. The van der Waals surface area contributed by atoms with E-state index in [9.17, 15) is 36.7 Å². The summed E-state index contributed by atoms with van der Waals surface area (Å²) in [7, 11) is 0. The number of rotatable bonds is 9. The highest BCUT2D eigenvalue weighted by atomic mass is 19.2. The molecule has 0 spiro atoms. The minimum atomic E-state index is -1.87. The molecule has 14 heteroatoms. The first-order valence-corrected chi connectivity index (χ1v) is 11.7. The number of likely N-dealkylation sites (tertiary alicyclic amines) is 1. The summed E-state index contributed by atoms with van der Waals surface area (Å²) in [6, 6.07) is 5.13. The lowest BCUT2D eigenvalue weighted by Gasteiger charge is -2.31. The van der Waals surface area contributed by atoms with E-state index in [4.69, 9.17) is 9.63 Å². The van der Waals surface area contributed by atoms with Gasteiger partial charge in [0.1, 0.15) is 12.6 Å². The smallest absolute Gasteiger partial charge is 0.305 e. The van der Waals surface area contributed by atoms with Crippen LogP contribution in [0.2, 0.25) is 0 Å². The Kier molecular flexibility index (Phi) is 8.12. The van der Waals surface area contributed by atoms with E-state index in [0.717, 1.165) is 0 Å². The molecule has 4 rings (SSSR count). The Bertz CT molecular complexity index is 1410. The molecule has 0 aliphatic carbocycles. The molecule has 2 N–H and O–H groups in total. The second-order valence-corrected chi connectivity index (χ2v) is 8.81. The molecule has 10 nitrogen and oxygen atoms in total. The number of ether oxygens (including phenoxy) is 1. The number of carbonyl (C=O) groups excluding carboxylic acids is 3. The van der Waals surface area contributed by atoms with E-state index in [-0.39, 0.29) is 43.6 Å². The molecule has 0 radical (unpaired) electrons. The van der Waals surface area contributed by atoms with Crippen molar-refractivity contribution in [2.45, 2.75) is 25.3 Å². The third-order valence-electron chi connectivity index (χ3n) is 6.25. The average molecular weight is 551 g/mol. The largest absolute Gasteiger partial charge is 0.481 e. The van der Waals surface area contributed by atoms with Gasteiger partial charge in [-0.2, -0.15) is 8.78 Å². The van der Waals surface area contributed by atoms with Crippen LogP contribution in [0.1, 0.15) is 29.8 Å². The number of amides is 2. The van der Waals surface area contributed by atoms with E-state index in [1.165, 1.54) is 4.90 Å². The first-order valence-electron chi connectivity index (χ1n) is 11.7. The number of aromatic nitrogens is 1. The van der Waals surface area contributed by atoms with Crippen molar-refractivity contribution < 1.29 is 51.1 Å². The highest BCUT2D eigenvalue weighted by molar-refractivity contribution is 6.04. The molecule has 1 atom stereocenters. The number of aliphatic carboxylic acids is 1. The van der Waals surface area contributed by atoms with Gasteiger partial charge in [0.2, 0.25) is 17.5 Å². The number of nitrogens with zero attached hydrogens (tertiary/aromatic N) is 2. The number of carbonyl (C=O) groups is 4. The first-order chi connectivity index (χ1) is 18.6. The maximum absolute atomic E-state index is 13.8. The van der Waals surface area contributed by atoms with Gasteiger partial charge in [-0.1, -0.05) is 17.3 Å². The number of para-hydroxylation sites is 1. The molecule has 2 aromatic carbocycles. The van der Waals surface area contributed by atoms with Gasteiger partial charge in [0.15, 0.2) is 34.4 Å². The van der Waals surface area contributed by atoms with Crippen molar-refractivity contribution in [2.75, 3.05) is 19.7 Å². The standard InChI is InChI=1S/C25H21F4N3O7/c26-14-9-15(27)21(29)23(20(14)28)38-11-17(33)16(10-19(34)35)30-24(36)12-5-7-32(8-6-12)25(37)22-13-3-1-2-4-18(13)39-31-22/h1-4,9,12,16H,5-8,10-11H2,(H,30,36)(H,34,35)/t16-/m0/s1. The highest BCUT2D eigenvalue weighted by Gasteiger charge is 2.33. The lowest BCUT2D eigenvalue weighted by atomic mass is 9.94. The highest BCUT2D eigenvalue weighted by Crippen LogP contribution is 2.27. The molecular formula is C25H21F4N3O7. The monoisotopic (exact) mass is 551 g/mol. The fourth-order valence-corrected chi connectivity index (χ4v) is 4.17. The summed E-state index contributed by atoms with van der Waals surface area (Å²) in [5, 5.41) is 15.8. The lowest BCUT2D eigenvalue weighted by molar-refractivity contribution is -0.141. The third kappa shape index (κ3) is 5.99. The van der Waals surface area contributed by atoms with Crippen LogP contribution in [0.25, 0.3) is 11.0 Å². The Morgan fingerprint density at radius 1 is 1.08 bits per heavy atom. The second-order valence-electron chi connectivity index (χ2n) is 8.81. The summed E-state index contributed by atoms with van der Waals surface area (Å²) >= 11 is 0. The predicted molar refractivity (Wildman–Crippen MR) is 124 cm³/mol.